The van der Waals surface area contributed by atoms with Crippen molar-refractivity contribution in [2.45, 2.75) is 38.8 Å². The number of alkyl halides is 3. The molecule has 0 spiro atoms. The molecule has 0 bridgehead atoms. The summed E-state index contributed by atoms with van der Waals surface area (Å²) in [4.78, 5) is 4.42. The second-order valence-corrected chi connectivity index (χ2v) is 6.10. The molecule has 8 heteroatoms. The lowest BCUT2D eigenvalue weighted by Crippen LogP contribution is -2.40. The Hall–Kier alpha value is -1.19. The van der Waals surface area contributed by atoms with Gasteiger partial charge in [-0.1, -0.05) is 26.0 Å². The SMILES string of the molecule is CCNC(=NCC(C)(C)c1ccc(OC)cc1)NCCC(F)(F)F.I. The fourth-order valence-electron chi connectivity index (χ4n) is 2.07. The summed E-state index contributed by atoms with van der Waals surface area (Å²) in [6, 6.07) is 7.71. The van der Waals surface area contributed by atoms with E-state index in [9.17, 15) is 13.2 Å². The molecule has 2 N–H and O–H groups in total. The minimum atomic E-state index is -4.17. The van der Waals surface area contributed by atoms with Crippen LogP contribution in [0.25, 0.3) is 0 Å². The minimum Gasteiger partial charge on any atom is -0.497 e. The molecule has 0 radical (unpaired) electrons. The summed E-state index contributed by atoms with van der Waals surface area (Å²) in [6.45, 7) is 6.78. The van der Waals surface area contributed by atoms with Gasteiger partial charge >= 0.3 is 6.18 Å². The molecule has 0 aliphatic rings. The van der Waals surface area contributed by atoms with Gasteiger partial charge in [-0.2, -0.15) is 13.2 Å². The molecule has 0 fully saturated rings. The fourth-order valence-corrected chi connectivity index (χ4v) is 2.07. The molecule has 0 aliphatic heterocycles. The Morgan fingerprint density at radius 1 is 1.12 bits per heavy atom. The number of benzene rings is 1. The molecule has 0 saturated heterocycles. The van der Waals surface area contributed by atoms with Gasteiger partial charge in [0.15, 0.2) is 5.96 Å². The maximum Gasteiger partial charge on any atom is 0.390 e. The molecule has 144 valence electrons. The first-order chi connectivity index (χ1) is 11.2. The van der Waals surface area contributed by atoms with Crippen LogP contribution in [-0.2, 0) is 5.41 Å². The number of hydrogen-bond donors (Lipinski definition) is 2. The lowest BCUT2D eigenvalue weighted by molar-refractivity contribution is -0.132. The normalized spacial score (nSPS) is 12.4. The highest BCUT2D eigenvalue weighted by molar-refractivity contribution is 14.0. The van der Waals surface area contributed by atoms with Gasteiger partial charge in [-0.3, -0.25) is 4.99 Å². The van der Waals surface area contributed by atoms with E-state index in [0.717, 1.165) is 11.3 Å². The van der Waals surface area contributed by atoms with E-state index in [1.54, 1.807) is 7.11 Å². The molecule has 25 heavy (non-hydrogen) atoms. The van der Waals surface area contributed by atoms with Crippen LogP contribution >= 0.6 is 24.0 Å². The van der Waals surface area contributed by atoms with Crippen LogP contribution in [0.1, 0.15) is 32.8 Å². The predicted molar refractivity (Wildman–Crippen MR) is 106 cm³/mol. The molecular formula is C17H27F3IN3O. The van der Waals surface area contributed by atoms with Gasteiger partial charge in [0.2, 0.25) is 0 Å². The zero-order chi connectivity index (χ0) is 18.2. The second kappa shape index (κ2) is 10.7. The Morgan fingerprint density at radius 3 is 2.20 bits per heavy atom. The average molecular weight is 473 g/mol. The summed E-state index contributed by atoms with van der Waals surface area (Å²) in [6.07, 6.45) is -5.06. The summed E-state index contributed by atoms with van der Waals surface area (Å²) in [5.41, 5.74) is 0.830. The molecule has 0 unspecified atom stereocenters. The number of halogens is 4. The predicted octanol–water partition coefficient (Wildman–Crippen LogP) is 4.10. The molecule has 4 nitrogen and oxygen atoms in total. The molecule has 0 atom stereocenters. The van der Waals surface area contributed by atoms with Crippen molar-refractivity contribution in [1.29, 1.82) is 0 Å². The van der Waals surface area contributed by atoms with E-state index in [1.807, 2.05) is 45.0 Å². The van der Waals surface area contributed by atoms with E-state index in [2.05, 4.69) is 15.6 Å². The summed E-state index contributed by atoms with van der Waals surface area (Å²) in [5, 5.41) is 5.68. The van der Waals surface area contributed by atoms with Crippen molar-refractivity contribution in [3.05, 3.63) is 29.8 Å². The molecule has 1 aromatic carbocycles. The quantitative estimate of drug-likeness (QED) is 0.356. The van der Waals surface area contributed by atoms with Gasteiger partial charge in [0, 0.05) is 18.5 Å². The first-order valence-electron chi connectivity index (χ1n) is 7.91. The highest BCUT2D eigenvalue weighted by atomic mass is 127. The first kappa shape index (κ1) is 23.8. The van der Waals surface area contributed by atoms with E-state index in [4.69, 9.17) is 4.74 Å². The summed E-state index contributed by atoms with van der Waals surface area (Å²) >= 11 is 0. The number of rotatable bonds is 7. The first-order valence-corrected chi connectivity index (χ1v) is 7.91. The topological polar surface area (TPSA) is 45.7 Å². The van der Waals surface area contributed by atoms with E-state index in [0.29, 0.717) is 19.0 Å². The smallest absolute Gasteiger partial charge is 0.390 e. The largest absolute Gasteiger partial charge is 0.497 e. The van der Waals surface area contributed by atoms with Crippen molar-refractivity contribution in [3.8, 4) is 5.75 Å². The van der Waals surface area contributed by atoms with Crippen LogP contribution in [0.4, 0.5) is 13.2 Å². The van der Waals surface area contributed by atoms with Crippen LogP contribution in [0.15, 0.2) is 29.3 Å². The Labute approximate surface area is 164 Å². The van der Waals surface area contributed by atoms with Gasteiger partial charge in [-0.05, 0) is 24.6 Å². The van der Waals surface area contributed by atoms with Crippen molar-refractivity contribution >= 4 is 29.9 Å². The average Bonchev–Trinajstić information content (AvgIpc) is 2.51. The molecule has 0 heterocycles. The molecular weight excluding hydrogens is 446 g/mol. The van der Waals surface area contributed by atoms with E-state index in [-0.39, 0.29) is 35.9 Å². The molecule has 0 saturated carbocycles. The number of guanidine groups is 1. The maximum atomic E-state index is 12.2. The molecule has 0 aromatic heterocycles. The molecule has 0 aliphatic carbocycles. The zero-order valence-corrected chi connectivity index (χ0v) is 17.4. The van der Waals surface area contributed by atoms with Crippen molar-refractivity contribution in [2.75, 3.05) is 26.7 Å². The van der Waals surface area contributed by atoms with E-state index < -0.39 is 12.6 Å². The standard InChI is InChI=1S/C17H26F3N3O.HI/c1-5-21-15(22-11-10-17(18,19)20)23-12-16(2,3)13-6-8-14(24-4)9-7-13;/h6-9H,5,10-12H2,1-4H3,(H2,21,22,23);1H. The summed E-state index contributed by atoms with van der Waals surface area (Å²) in [5.74, 6) is 1.17. The van der Waals surface area contributed by atoms with Crippen LogP contribution in [-0.4, -0.2) is 38.9 Å². The zero-order valence-electron chi connectivity index (χ0n) is 15.0. The number of ether oxygens (including phenoxy) is 1. The van der Waals surface area contributed by atoms with Crippen LogP contribution in [0, 0.1) is 0 Å². The van der Waals surface area contributed by atoms with E-state index in [1.165, 1.54) is 0 Å². The van der Waals surface area contributed by atoms with Crippen LogP contribution in [0.5, 0.6) is 5.75 Å². The van der Waals surface area contributed by atoms with Gasteiger partial charge in [0.05, 0.1) is 20.1 Å². The van der Waals surface area contributed by atoms with Gasteiger partial charge in [-0.15, -0.1) is 24.0 Å². The second-order valence-electron chi connectivity index (χ2n) is 6.10. The van der Waals surface area contributed by atoms with Crippen molar-refractivity contribution in [3.63, 3.8) is 0 Å². The minimum absolute atomic E-state index is 0. The van der Waals surface area contributed by atoms with Gasteiger partial charge in [0.1, 0.15) is 5.75 Å². The molecule has 1 rings (SSSR count). The Kier molecular flexibility index (Phi) is 10.2. The number of nitrogens with one attached hydrogen (secondary N) is 2. The lowest BCUT2D eigenvalue weighted by Gasteiger charge is -2.24. The van der Waals surface area contributed by atoms with Crippen molar-refractivity contribution < 1.29 is 17.9 Å². The Morgan fingerprint density at radius 2 is 1.72 bits per heavy atom. The van der Waals surface area contributed by atoms with Crippen molar-refractivity contribution in [2.24, 2.45) is 4.99 Å². The Bertz CT molecular complexity index is 531. The van der Waals surface area contributed by atoms with Gasteiger partial charge < -0.3 is 15.4 Å². The highest BCUT2D eigenvalue weighted by Crippen LogP contribution is 2.25. The van der Waals surface area contributed by atoms with E-state index >= 15 is 0 Å². The third-order valence-electron chi connectivity index (χ3n) is 3.55. The van der Waals surface area contributed by atoms with Crippen LogP contribution < -0.4 is 15.4 Å². The molecule has 1 aromatic rings. The number of nitrogens with zero attached hydrogens (tertiary/aromatic N) is 1. The number of hydrogen-bond acceptors (Lipinski definition) is 2. The number of aliphatic imine (C=N–C) groups is 1. The van der Waals surface area contributed by atoms with Crippen LogP contribution in [0.2, 0.25) is 0 Å². The third kappa shape index (κ3) is 9.18. The summed E-state index contributed by atoms with van der Waals surface area (Å²) in [7, 11) is 1.61. The highest BCUT2D eigenvalue weighted by Gasteiger charge is 2.26. The van der Waals surface area contributed by atoms with Gasteiger partial charge in [0.25, 0.3) is 0 Å². The monoisotopic (exact) mass is 473 g/mol. The third-order valence-corrected chi connectivity index (χ3v) is 3.55. The summed E-state index contributed by atoms with van der Waals surface area (Å²) < 4.78 is 41.9. The molecule has 0 amide bonds. The lowest BCUT2D eigenvalue weighted by atomic mass is 9.85. The number of methoxy groups -OCH3 is 1. The maximum absolute atomic E-state index is 12.2. The Balaban J connectivity index is 0.00000576. The fraction of sp³-hybridized carbons (Fsp3) is 0.588. The van der Waals surface area contributed by atoms with Crippen molar-refractivity contribution in [1.82, 2.24) is 10.6 Å². The van der Waals surface area contributed by atoms with Crippen LogP contribution in [0.3, 0.4) is 0 Å². The van der Waals surface area contributed by atoms with Gasteiger partial charge in [-0.25, -0.2) is 0 Å².